The number of nitrogens with one attached hydrogen (secondary N) is 1. The van der Waals surface area contributed by atoms with Gasteiger partial charge in [-0.05, 0) is 29.9 Å². The fourth-order valence-corrected chi connectivity index (χ4v) is 7.60. The summed E-state index contributed by atoms with van der Waals surface area (Å²) in [6.45, 7) is 2.51. The molecule has 2 fully saturated rings. The number of primary amides is 1. The van der Waals surface area contributed by atoms with Gasteiger partial charge in [-0.3, -0.25) is 14.0 Å². The first-order chi connectivity index (χ1) is 20.5. The van der Waals surface area contributed by atoms with Crippen LogP contribution in [0.5, 0.6) is 0 Å². The van der Waals surface area contributed by atoms with E-state index in [2.05, 4.69) is 15.5 Å². The van der Waals surface area contributed by atoms with Crippen LogP contribution in [0.3, 0.4) is 0 Å². The summed E-state index contributed by atoms with van der Waals surface area (Å²) in [5.74, 6) is 0.362. The first-order valence-electron chi connectivity index (χ1n) is 13.9. The van der Waals surface area contributed by atoms with E-state index in [0.29, 0.717) is 66.2 Å². The number of aromatic nitrogens is 4. The van der Waals surface area contributed by atoms with Gasteiger partial charge < -0.3 is 30.2 Å². The Hall–Kier alpha value is -3.85. The molecule has 0 unspecified atom stereocenters. The molecule has 0 bridgehead atoms. The number of amides is 1. The Balaban J connectivity index is 1.23. The first kappa shape index (κ1) is 27.0. The van der Waals surface area contributed by atoms with E-state index in [1.807, 2.05) is 21.7 Å². The van der Waals surface area contributed by atoms with E-state index in [9.17, 15) is 14.7 Å². The number of carbonyl (C=O) groups excluding carboxylic acids is 1. The molecule has 5 aromatic heterocycles. The molecule has 0 aromatic carbocycles. The molecule has 6 heterocycles. The molecule has 218 valence electrons. The molecule has 7 rings (SSSR count). The lowest BCUT2D eigenvalue weighted by molar-refractivity contribution is 0.0999. The number of rotatable bonds is 7. The van der Waals surface area contributed by atoms with Crippen molar-refractivity contribution in [1.82, 2.24) is 19.6 Å². The van der Waals surface area contributed by atoms with Crippen molar-refractivity contribution in [3.8, 4) is 10.4 Å². The number of morpholine rings is 1. The van der Waals surface area contributed by atoms with Crippen molar-refractivity contribution in [3.63, 3.8) is 0 Å². The Kier molecular flexibility index (Phi) is 7.14. The van der Waals surface area contributed by atoms with Gasteiger partial charge in [-0.25, -0.2) is 4.98 Å². The van der Waals surface area contributed by atoms with Crippen molar-refractivity contribution in [2.24, 2.45) is 5.73 Å². The molecular weight excluding hydrogens is 578 g/mol. The monoisotopic (exact) mass is 607 g/mol. The molecule has 2 atom stereocenters. The zero-order valence-electron chi connectivity index (χ0n) is 22.6. The van der Waals surface area contributed by atoms with Gasteiger partial charge in [-0.15, -0.1) is 32.9 Å². The lowest BCUT2D eigenvalue weighted by Gasteiger charge is -2.29. The molecule has 0 radical (unpaired) electrons. The standard InChI is InChI=1S/C28H29N7O5S2/c29-26(38)23-18(32-28(35-14-30-33-27(23)35)31-17-3-1-2-4-19(17)36)9-15-10-21(41-12-15)16-13-42-25-20(37)11-22(40-24(16)25)34-5-7-39-8-6-34/h10-14,17,19,36H,1-9H2,(H2,29,38)(H,31,32)/t17-,19+/m1/s1. The minimum absolute atomic E-state index is 0.0641. The molecule has 1 saturated heterocycles. The SMILES string of the molecule is NC(=O)c1c(Cc2csc(-c3csc4c(=O)cc(N5CCOCC5)oc34)c2)nc(N[C@@H]2CCCC[C@@H]2O)n2cnnc12. The van der Waals surface area contributed by atoms with Gasteiger partial charge in [0, 0.05) is 41.4 Å². The maximum Gasteiger partial charge on any atom is 0.254 e. The van der Waals surface area contributed by atoms with Gasteiger partial charge in [0.25, 0.3) is 5.91 Å². The summed E-state index contributed by atoms with van der Waals surface area (Å²) in [6, 6.07) is 3.41. The van der Waals surface area contributed by atoms with Crippen molar-refractivity contribution < 1.29 is 19.1 Å². The fourth-order valence-electron chi connectivity index (χ4n) is 5.70. The number of fused-ring (bicyclic) bond motifs is 2. The number of thiophene rings is 2. The summed E-state index contributed by atoms with van der Waals surface area (Å²) in [5, 5.41) is 26.0. The maximum absolute atomic E-state index is 12.9. The van der Waals surface area contributed by atoms with Crippen molar-refractivity contribution in [3.05, 3.63) is 56.3 Å². The van der Waals surface area contributed by atoms with E-state index >= 15 is 0 Å². The van der Waals surface area contributed by atoms with E-state index in [0.717, 1.165) is 41.7 Å². The molecule has 1 amide bonds. The highest BCUT2D eigenvalue weighted by Crippen LogP contribution is 2.38. The maximum atomic E-state index is 12.9. The largest absolute Gasteiger partial charge is 0.439 e. The molecule has 1 saturated carbocycles. The Labute approximate surface area is 247 Å². The van der Waals surface area contributed by atoms with Gasteiger partial charge in [0.15, 0.2) is 17.1 Å². The molecule has 1 aliphatic carbocycles. The predicted octanol–water partition coefficient (Wildman–Crippen LogP) is 3.26. The van der Waals surface area contributed by atoms with Crippen molar-refractivity contribution >= 4 is 56.3 Å². The summed E-state index contributed by atoms with van der Waals surface area (Å²) in [5.41, 5.74) is 9.08. The molecule has 42 heavy (non-hydrogen) atoms. The summed E-state index contributed by atoms with van der Waals surface area (Å²) >= 11 is 2.89. The third-order valence-electron chi connectivity index (χ3n) is 7.86. The summed E-state index contributed by atoms with van der Waals surface area (Å²) < 4.78 is 13.9. The quantitative estimate of drug-likeness (QED) is 0.250. The van der Waals surface area contributed by atoms with Gasteiger partial charge in [0.1, 0.15) is 16.6 Å². The van der Waals surface area contributed by atoms with Crippen LogP contribution in [-0.4, -0.2) is 69.0 Å². The number of anilines is 2. The summed E-state index contributed by atoms with van der Waals surface area (Å²) in [7, 11) is 0. The van der Waals surface area contributed by atoms with Gasteiger partial charge in [-0.2, -0.15) is 0 Å². The third-order valence-corrected chi connectivity index (χ3v) is 9.85. The smallest absolute Gasteiger partial charge is 0.254 e. The molecular formula is C28H29N7O5S2. The molecule has 4 N–H and O–H groups in total. The van der Waals surface area contributed by atoms with Crippen LogP contribution in [0.15, 0.2) is 38.4 Å². The second kappa shape index (κ2) is 11.1. The molecule has 1 aliphatic heterocycles. The Morgan fingerprint density at radius 2 is 2.00 bits per heavy atom. The minimum atomic E-state index is -0.642. The lowest BCUT2D eigenvalue weighted by atomic mass is 9.93. The Morgan fingerprint density at radius 1 is 1.17 bits per heavy atom. The van der Waals surface area contributed by atoms with Gasteiger partial charge in [0.2, 0.25) is 11.4 Å². The number of carbonyl (C=O) groups is 1. The first-order valence-corrected chi connectivity index (χ1v) is 15.6. The highest BCUT2D eigenvalue weighted by Gasteiger charge is 2.27. The predicted molar refractivity (Wildman–Crippen MR) is 161 cm³/mol. The fraction of sp³-hybridized carbons (Fsp3) is 0.393. The second-order valence-corrected chi connectivity index (χ2v) is 12.4. The van der Waals surface area contributed by atoms with Crippen LogP contribution in [0.4, 0.5) is 11.8 Å². The summed E-state index contributed by atoms with van der Waals surface area (Å²) in [6.07, 6.45) is 4.84. The summed E-state index contributed by atoms with van der Waals surface area (Å²) in [4.78, 5) is 33.3. The topological polar surface area (TPSA) is 161 Å². The lowest BCUT2D eigenvalue weighted by Crippen LogP contribution is -2.37. The van der Waals surface area contributed by atoms with E-state index < -0.39 is 12.0 Å². The zero-order valence-corrected chi connectivity index (χ0v) is 24.2. The van der Waals surface area contributed by atoms with Crippen LogP contribution in [0.25, 0.3) is 26.4 Å². The van der Waals surface area contributed by atoms with Crippen LogP contribution in [0.2, 0.25) is 0 Å². The zero-order chi connectivity index (χ0) is 28.8. The van der Waals surface area contributed by atoms with E-state index in [1.54, 1.807) is 10.5 Å². The number of hydrogen-bond donors (Lipinski definition) is 3. The number of aliphatic hydroxyl groups excluding tert-OH is 1. The van der Waals surface area contributed by atoms with E-state index in [4.69, 9.17) is 19.9 Å². The van der Waals surface area contributed by atoms with Gasteiger partial charge in [0.05, 0.1) is 31.1 Å². The Morgan fingerprint density at radius 3 is 2.81 bits per heavy atom. The van der Waals surface area contributed by atoms with E-state index in [1.165, 1.54) is 29.0 Å². The van der Waals surface area contributed by atoms with Crippen molar-refractivity contribution in [2.75, 3.05) is 36.5 Å². The second-order valence-electron chi connectivity index (χ2n) is 10.6. The van der Waals surface area contributed by atoms with Gasteiger partial charge in [-0.1, -0.05) is 12.8 Å². The van der Waals surface area contributed by atoms with Crippen molar-refractivity contribution in [2.45, 2.75) is 44.2 Å². The highest BCUT2D eigenvalue weighted by molar-refractivity contribution is 7.18. The number of nitrogens with zero attached hydrogens (tertiary/aromatic N) is 5. The van der Waals surface area contributed by atoms with Crippen LogP contribution in [0.1, 0.15) is 47.3 Å². The average Bonchev–Trinajstić information content (AvgIpc) is 3.75. The number of aliphatic hydroxyl groups is 1. The van der Waals surface area contributed by atoms with Crippen molar-refractivity contribution in [1.29, 1.82) is 0 Å². The normalized spacial score (nSPS) is 19.5. The molecule has 5 aromatic rings. The number of nitrogens with two attached hydrogens (primary N) is 1. The van der Waals surface area contributed by atoms with Crippen LogP contribution >= 0.6 is 22.7 Å². The minimum Gasteiger partial charge on any atom is -0.439 e. The molecule has 14 heteroatoms. The van der Waals surface area contributed by atoms with Crippen LogP contribution < -0.4 is 21.4 Å². The number of ether oxygens (including phenoxy) is 1. The average molecular weight is 608 g/mol. The van der Waals surface area contributed by atoms with Crippen LogP contribution in [0, 0.1) is 0 Å². The number of hydrogen-bond acceptors (Lipinski definition) is 12. The highest BCUT2D eigenvalue weighted by atomic mass is 32.1. The molecule has 0 spiro atoms. The molecule has 2 aliphatic rings. The Bertz CT molecular complexity index is 1840. The van der Waals surface area contributed by atoms with Crippen LogP contribution in [-0.2, 0) is 11.2 Å². The van der Waals surface area contributed by atoms with Gasteiger partial charge >= 0.3 is 0 Å². The van der Waals surface area contributed by atoms with E-state index in [-0.39, 0.29) is 17.0 Å². The molecule has 12 nitrogen and oxygen atoms in total. The third kappa shape index (κ3) is 4.93.